The summed E-state index contributed by atoms with van der Waals surface area (Å²) in [5, 5.41) is 0.617. The van der Waals surface area contributed by atoms with Crippen molar-refractivity contribution in [2.24, 2.45) is 0 Å². The Morgan fingerprint density at radius 3 is 2.59 bits per heavy atom. The van der Waals surface area contributed by atoms with Gasteiger partial charge in [-0.1, -0.05) is 35.9 Å². The molecule has 0 N–H and O–H groups in total. The van der Waals surface area contributed by atoms with Crippen molar-refractivity contribution in [3.63, 3.8) is 0 Å². The molecule has 1 saturated heterocycles. The normalized spacial score (nSPS) is 15.0. The number of rotatable bonds is 7. The highest BCUT2D eigenvalue weighted by Crippen LogP contribution is 2.22. The van der Waals surface area contributed by atoms with Crippen molar-refractivity contribution in [1.29, 1.82) is 0 Å². The fourth-order valence-corrected chi connectivity index (χ4v) is 3.36. The third-order valence-electron chi connectivity index (χ3n) is 4.74. The topological polar surface area (TPSA) is 32.8 Å². The maximum absolute atomic E-state index is 13.2. The number of nitrogens with zero attached hydrogens (tertiary/aromatic N) is 2. The number of hydrogen-bond donors (Lipinski definition) is 0. The van der Waals surface area contributed by atoms with Gasteiger partial charge in [0.2, 0.25) is 5.91 Å². The van der Waals surface area contributed by atoms with Crippen LogP contribution in [0.1, 0.15) is 12.0 Å². The molecule has 1 aliphatic heterocycles. The molecule has 0 aromatic heterocycles. The maximum Gasteiger partial charge on any atom is 0.222 e. The number of carbonyl (C=O) groups is 1. The Balaban J connectivity index is 1.35. The summed E-state index contributed by atoms with van der Waals surface area (Å²) in [7, 11) is 0. The zero-order valence-corrected chi connectivity index (χ0v) is 16.0. The average Bonchev–Trinajstić information content (AvgIpc) is 2.68. The number of halogens is 2. The second-order valence-corrected chi connectivity index (χ2v) is 7.04. The lowest BCUT2D eigenvalue weighted by molar-refractivity contribution is -0.132. The summed E-state index contributed by atoms with van der Waals surface area (Å²) >= 11 is 6.08. The lowest BCUT2D eigenvalue weighted by Gasteiger charge is -2.34. The minimum Gasteiger partial charge on any atom is -0.491 e. The van der Waals surface area contributed by atoms with Gasteiger partial charge in [-0.3, -0.25) is 9.69 Å². The van der Waals surface area contributed by atoms with Crippen molar-refractivity contribution in [1.82, 2.24) is 9.80 Å². The Kier molecular flexibility index (Phi) is 7.07. The van der Waals surface area contributed by atoms with E-state index in [1.807, 2.05) is 35.2 Å². The van der Waals surface area contributed by atoms with Crippen LogP contribution < -0.4 is 4.74 Å². The van der Waals surface area contributed by atoms with Crippen molar-refractivity contribution in [3.8, 4) is 5.75 Å². The van der Waals surface area contributed by atoms with Gasteiger partial charge in [0.15, 0.2) is 0 Å². The number of piperazine rings is 1. The van der Waals surface area contributed by atoms with Gasteiger partial charge < -0.3 is 9.64 Å². The quantitative estimate of drug-likeness (QED) is 0.723. The first kappa shape index (κ1) is 19.6. The summed E-state index contributed by atoms with van der Waals surface area (Å²) in [4.78, 5) is 16.6. The first-order chi connectivity index (χ1) is 13.1. The van der Waals surface area contributed by atoms with Crippen LogP contribution in [0.5, 0.6) is 5.75 Å². The van der Waals surface area contributed by atoms with E-state index in [1.165, 1.54) is 12.1 Å². The molecule has 2 aromatic rings. The summed E-state index contributed by atoms with van der Waals surface area (Å²) < 4.78 is 18.9. The molecule has 0 unspecified atom stereocenters. The van der Waals surface area contributed by atoms with Gasteiger partial charge in [-0.2, -0.15) is 0 Å². The average molecular weight is 391 g/mol. The fourth-order valence-electron chi connectivity index (χ4n) is 3.17. The van der Waals surface area contributed by atoms with Crippen molar-refractivity contribution >= 4 is 17.5 Å². The standard InChI is InChI=1S/C21H24ClFN2O2/c22-19-6-1-2-7-20(19)27-15-14-24-10-12-25(13-11-24)21(26)9-8-17-4-3-5-18(23)16-17/h1-7,16H,8-15H2. The van der Waals surface area contributed by atoms with Gasteiger partial charge in [0.05, 0.1) is 5.02 Å². The van der Waals surface area contributed by atoms with Crippen LogP contribution in [0.4, 0.5) is 4.39 Å². The zero-order chi connectivity index (χ0) is 19.1. The number of hydrogen-bond acceptors (Lipinski definition) is 3. The molecule has 0 bridgehead atoms. The van der Waals surface area contributed by atoms with E-state index in [2.05, 4.69) is 4.90 Å². The Morgan fingerprint density at radius 1 is 1.07 bits per heavy atom. The predicted molar refractivity (Wildman–Crippen MR) is 105 cm³/mol. The molecule has 144 valence electrons. The van der Waals surface area contributed by atoms with Crippen LogP contribution in [-0.2, 0) is 11.2 Å². The van der Waals surface area contributed by atoms with Crippen LogP contribution in [0.25, 0.3) is 0 Å². The van der Waals surface area contributed by atoms with E-state index in [9.17, 15) is 9.18 Å². The molecule has 4 nitrogen and oxygen atoms in total. The summed E-state index contributed by atoms with van der Waals surface area (Å²) in [6, 6.07) is 13.9. The molecule has 0 atom stereocenters. The summed E-state index contributed by atoms with van der Waals surface area (Å²) in [5.74, 6) is 0.573. The molecule has 0 radical (unpaired) electrons. The van der Waals surface area contributed by atoms with E-state index in [-0.39, 0.29) is 11.7 Å². The predicted octanol–water partition coefficient (Wildman–Crippen LogP) is 3.63. The van der Waals surface area contributed by atoms with E-state index in [0.717, 1.165) is 25.2 Å². The van der Waals surface area contributed by atoms with Crippen molar-refractivity contribution in [2.45, 2.75) is 12.8 Å². The highest BCUT2D eigenvalue weighted by Gasteiger charge is 2.20. The third-order valence-corrected chi connectivity index (χ3v) is 5.06. The van der Waals surface area contributed by atoms with Gasteiger partial charge in [0.25, 0.3) is 0 Å². The summed E-state index contributed by atoms with van der Waals surface area (Å²) in [6.07, 6.45) is 0.988. The lowest BCUT2D eigenvalue weighted by Crippen LogP contribution is -2.49. The first-order valence-corrected chi connectivity index (χ1v) is 9.61. The van der Waals surface area contributed by atoms with E-state index >= 15 is 0 Å². The van der Waals surface area contributed by atoms with Crippen LogP contribution >= 0.6 is 11.6 Å². The Labute approximate surface area is 164 Å². The minimum absolute atomic E-state index is 0.131. The summed E-state index contributed by atoms with van der Waals surface area (Å²) in [6.45, 7) is 4.46. The van der Waals surface area contributed by atoms with Crippen LogP contribution in [0.15, 0.2) is 48.5 Å². The van der Waals surface area contributed by atoms with Crippen LogP contribution in [0.2, 0.25) is 5.02 Å². The Hall–Kier alpha value is -2.11. The maximum atomic E-state index is 13.2. The number of amides is 1. The molecule has 27 heavy (non-hydrogen) atoms. The number of carbonyl (C=O) groups excluding carboxylic acids is 1. The molecule has 6 heteroatoms. The largest absolute Gasteiger partial charge is 0.491 e. The van der Waals surface area contributed by atoms with Crippen molar-refractivity contribution in [3.05, 3.63) is 64.9 Å². The summed E-state index contributed by atoms with van der Waals surface area (Å²) in [5.41, 5.74) is 0.860. The molecule has 1 amide bonds. The second-order valence-electron chi connectivity index (χ2n) is 6.63. The lowest BCUT2D eigenvalue weighted by atomic mass is 10.1. The highest BCUT2D eigenvalue weighted by atomic mass is 35.5. The molecular weight excluding hydrogens is 367 g/mol. The van der Waals surface area contributed by atoms with Crippen LogP contribution in [0, 0.1) is 5.82 Å². The zero-order valence-electron chi connectivity index (χ0n) is 15.2. The van der Waals surface area contributed by atoms with E-state index < -0.39 is 0 Å². The van der Waals surface area contributed by atoms with Gasteiger partial charge in [0, 0.05) is 39.1 Å². The highest BCUT2D eigenvalue weighted by molar-refractivity contribution is 6.32. The van der Waals surface area contributed by atoms with E-state index in [0.29, 0.717) is 43.3 Å². The molecule has 2 aromatic carbocycles. The van der Waals surface area contributed by atoms with E-state index in [1.54, 1.807) is 6.07 Å². The smallest absolute Gasteiger partial charge is 0.222 e. The Bertz CT molecular complexity index is 763. The minimum atomic E-state index is -0.257. The molecule has 3 rings (SSSR count). The van der Waals surface area contributed by atoms with Crippen molar-refractivity contribution < 1.29 is 13.9 Å². The molecule has 0 spiro atoms. The molecule has 0 saturated carbocycles. The van der Waals surface area contributed by atoms with Crippen LogP contribution in [-0.4, -0.2) is 55.0 Å². The van der Waals surface area contributed by atoms with Gasteiger partial charge in [-0.25, -0.2) is 4.39 Å². The first-order valence-electron chi connectivity index (χ1n) is 9.24. The third kappa shape index (κ3) is 5.94. The van der Waals surface area contributed by atoms with Crippen molar-refractivity contribution in [2.75, 3.05) is 39.3 Å². The van der Waals surface area contributed by atoms with Crippen LogP contribution in [0.3, 0.4) is 0 Å². The molecular formula is C21H24ClFN2O2. The van der Waals surface area contributed by atoms with Gasteiger partial charge in [-0.15, -0.1) is 0 Å². The number of aryl methyl sites for hydroxylation is 1. The number of para-hydroxylation sites is 1. The van der Waals surface area contributed by atoms with Gasteiger partial charge in [0.1, 0.15) is 18.2 Å². The molecule has 0 aliphatic carbocycles. The Morgan fingerprint density at radius 2 is 1.85 bits per heavy atom. The van der Waals surface area contributed by atoms with E-state index in [4.69, 9.17) is 16.3 Å². The number of benzene rings is 2. The molecule has 1 heterocycles. The van der Waals surface area contributed by atoms with Gasteiger partial charge in [-0.05, 0) is 36.2 Å². The number of ether oxygens (including phenoxy) is 1. The fraction of sp³-hybridized carbons (Fsp3) is 0.381. The molecule has 1 fully saturated rings. The molecule has 1 aliphatic rings. The monoisotopic (exact) mass is 390 g/mol. The second kappa shape index (κ2) is 9.72. The van der Waals surface area contributed by atoms with Gasteiger partial charge >= 0.3 is 0 Å². The SMILES string of the molecule is O=C(CCc1cccc(F)c1)N1CCN(CCOc2ccccc2Cl)CC1.